The molecule has 10 nitrogen and oxygen atoms in total. The molecule has 1 aromatic carbocycles. The molecule has 51 heavy (non-hydrogen) atoms. The highest BCUT2D eigenvalue weighted by atomic mass is 32.2. The maximum absolute atomic E-state index is 15.4. The molecule has 5 fully saturated rings. The minimum Gasteiger partial charge on any atom is -0.377 e. The van der Waals surface area contributed by atoms with Gasteiger partial charge in [-0.05, 0) is 82.2 Å². The first-order valence-corrected chi connectivity index (χ1v) is 20.4. The number of nitrogens with zero attached hydrogens (tertiary/aromatic N) is 4. The van der Waals surface area contributed by atoms with Gasteiger partial charge in [0.05, 0.1) is 47.7 Å². The molecule has 8 atom stereocenters. The number of hydrogen-bond donors (Lipinski definition) is 2. The minimum atomic E-state index is -0.595. The van der Waals surface area contributed by atoms with Crippen LogP contribution in [0.3, 0.4) is 0 Å². The highest BCUT2D eigenvalue weighted by Crippen LogP contribution is 2.57. The number of ketones is 1. The molecule has 2 aliphatic carbocycles. The smallest absolute Gasteiger partial charge is 0.246 e. The number of likely N-dealkylation sites (N-methyl/N-ethyl adjacent to an activating group) is 1. The normalized spacial score (nSPS) is 36.9. The Labute approximate surface area is 309 Å². The number of piperazine rings is 1. The summed E-state index contributed by atoms with van der Waals surface area (Å²) in [6, 6.07) is 10.5. The van der Waals surface area contributed by atoms with Crippen molar-refractivity contribution in [3.05, 3.63) is 42.5 Å². The Hall–Kier alpha value is -2.30. The van der Waals surface area contributed by atoms with E-state index in [0.717, 1.165) is 56.4 Å². The fourth-order valence-corrected chi connectivity index (χ4v) is 12.2. The van der Waals surface area contributed by atoms with Crippen LogP contribution in [0.1, 0.15) is 95.1 Å². The summed E-state index contributed by atoms with van der Waals surface area (Å²) in [6.07, 6.45) is 13.8. The Bertz CT molecular complexity index is 1460. The standard InChI is InChI=1S/C40H58N6O4S/c1-4-35(47)46-24-23-45(26-29(46)19-21-41)40(28-13-8-6-5-7-9-14-28)32-18-20-39(25-33(49-3)31-16-10-11-17-34(31)51-39)37(48)36(32)42-38(43-40)50-27-30-15-12-22-44(30)2/h4,10-11,16-17,28-30,32-33,36,38,42-43H,1,5-9,12-15,18-20,22-27H2,2-3H3/t29?,30?,32?,33?,36?,38?,39-,40?/m0/s1. The van der Waals surface area contributed by atoms with Gasteiger partial charge in [0.25, 0.3) is 0 Å². The third-order valence-electron chi connectivity index (χ3n) is 13.3. The average Bonchev–Trinajstić information content (AvgIpc) is 3.55. The van der Waals surface area contributed by atoms with Crippen molar-refractivity contribution in [3.8, 4) is 6.07 Å². The lowest BCUT2D eigenvalue weighted by atomic mass is 9.62. The van der Waals surface area contributed by atoms with Gasteiger partial charge >= 0.3 is 0 Å². The zero-order chi connectivity index (χ0) is 35.6. The van der Waals surface area contributed by atoms with Crippen LogP contribution in [0.2, 0.25) is 0 Å². The molecule has 6 aliphatic rings. The Balaban J connectivity index is 1.29. The number of amides is 1. The Morgan fingerprint density at radius 3 is 2.59 bits per heavy atom. The number of hydrogen-bond acceptors (Lipinski definition) is 10. The lowest BCUT2D eigenvalue weighted by Gasteiger charge is -2.64. The van der Waals surface area contributed by atoms with Gasteiger partial charge in [-0.1, -0.05) is 56.9 Å². The van der Waals surface area contributed by atoms with Crippen molar-refractivity contribution in [2.75, 3.05) is 46.9 Å². The van der Waals surface area contributed by atoms with Crippen molar-refractivity contribution in [1.82, 2.24) is 25.3 Å². The van der Waals surface area contributed by atoms with Crippen molar-refractivity contribution in [2.24, 2.45) is 11.8 Å². The highest BCUT2D eigenvalue weighted by Gasteiger charge is 2.63. The number of rotatable bonds is 8. The molecule has 0 bridgehead atoms. The zero-order valence-electron chi connectivity index (χ0n) is 30.7. The molecule has 0 radical (unpaired) electrons. The molecule has 11 heteroatoms. The number of carbonyl (C=O) groups is 2. The van der Waals surface area contributed by atoms with Crippen molar-refractivity contribution >= 4 is 23.5 Å². The predicted molar refractivity (Wildman–Crippen MR) is 199 cm³/mol. The maximum Gasteiger partial charge on any atom is 0.246 e. The van der Waals surface area contributed by atoms with Crippen LogP contribution in [0.15, 0.2) is 41.8 Å². The molecule has 278 valence electrons. The summed E-state index contributed by atoms with van der Waals surface area (Å²) in [5.41, 5.74) is 0.635. The van der Waals surface area contributed by atoms with Crippen LogP contribution in [-0.4, -0.2) is 108 Å². The van der Waals surface area contributed by atoms with E-state index in [2.05, 4.69) is 64.4 Å². The van der Waals surface area contributed by atoms with Crippen LogP contribution in [-0.2, 0) is 19.1 Å². The quantitative estimate of drug-likeness (QED) is 0.348. The number of nitriles is 1. The summed E-state index contributed by atoms with van der Waals surface area (Å²) < 4.78 is 12.3. The van der Waals surface area contributed by atoms with Crippen molar-refractivity contribution < 1.29 is 19.1 Å². The molecular formula is C40H58N6O4S. The molecule has 4 aliphatic heterocycles. The Kier molecular flexibility index (Phi) is 11.6. The lowest BCUT2D eigenvalue weighted by Crippen LogP contribution is -2.83. The SMILES string of the molecule is C=CC(=O)N1CCN(C2(C3CCCCCCC3)NC(OCC3CCCN3C)NC3C(=O)[C@]4(CCC32)CC(OC)c2ccccc2S4)CC1CC#N. The van der Waals surface area contributed by atoms with E-state index < -0.39 is 22.8 Å². The third kappa shape index (κ3) is 7.07. The molecule has 3 saturated heterocycles. The summed E-state index contributed by atoms with van der Waals surface area (Å²) in [6.45, 7) is 7.19. The first-order valence-electron chi connectivity index (χ1n) is 19.6. The van der Waals surface area contributed by atoms with Gasteiger partial charge in [0, 0.05) is 43.6 Å². The molecule has 1 spiro atoms. The number of fused-ring (bicyclic) bond motifs is 2. The number of ether oxygens (including phenoxy) is 2. The van der Waals surface area contributed by atoms with E-state index in [9.17, 15) is 10.1 Å². The predicted octanol–water partition coefficient (Wildman–Crippen LogP) is 5.21. The topological polar surface area (TPSA) is 110 Å². The van der Waals surface area contributed by atoms with E-state index in [-0.39, 0.29) is 36.2 Å². The molecular weight excluding hydrogens is 661 g/mol. The number of thioether (sulfide) groups is 1. The summed E-state index contributed by atoms with van der Waals surface area (Å²) >= 11 is 1.75. The molecule has 1 amide bonds. The van der Waals surface area contributed by atoms with Crippen LogP contribution in [0.5, 0.6) is 0 Å². The van der Waals surface area contributed by atoms with Crippen LogP contribution >= 0.6 is 11.8 Å². The number of methoxy groups -OCH3 is 1. The van der Waals surface area contributed by atoms with Crippen molar-refractivity contribution in [2.45, 2.75) is 129 Å². The van der Waals surface area contributed by atoms with Gasteiger partial charge in [0.2, 0.25) is 5.91 Å². The van der Waals surface area contributed by atoms with E-state index in [4.69, 9.17) is 9.47 Å². The van der Waals surface area contributed by atoms with Crippen LogP contribution in [0.4, 0.5) is 0 Å². The van der Waals surface area contributed by atoms with E-state index in [0.29, 0.717) is 44.6 Å². The maximum atomic E-state index is 15.4. The molecule has 1 aromatic rings. The number of Topliss-reactive ketones (excluding diaryl/α,β-unsaturated/α-hetero) is 1. The van der Waals surface area contributed by atoms with Gasteiger partial charge in [-0.2, -0.15) is 5.26 Å². The van der Waals surface area contributed by atoms with Crippen molar-refractivity contribution in [3.63, 3.8) is 0 Å². The third-order valence-corrected chi connectivity index (χ3v) is 14.8. The number of carbonyl (C=O) groups excluding carboxylic acids is 2. The van der Waals surface area contributed by atoms with Gasteiger partial charge in [-0.25, -0.2) is 0 Å². The van der Waals surface area contributed by atoms with Gasteiger partial charge < -0.3 is 19.3 Å². The van der Waals surface area contributed by atoms with Gasteiger partial charge in [-0.15, -0.1) is 11.8 Å². The van der Waals surface area contributed by atoms with Gasteiger partial charge in [-0.3, -0.25) is 25.1 Å². The molecule has 0 aromatic heterocycles. The van der Waals surface area contributed by atoms with Crippen molar-refractivity contribution in [1.29, 1.82) is 5.26 Å². The summed E-state index contributed by atoms with van der Waals surface area (Å²) in [5.74, 6) is 0.435. The molecule has 2 N–H and O–H groups in total. The molecule has 4 heterocycles. The Morgan fingerprint density at radius 2 is 1.86 bits per heavy atom. The van der Waals surface area contributed by atoms with E-state index in [1.54, 1.807) is 18.9 Å². The van der Waals surface area contributed by atoms with E-state index in [1.165, 1.54) is 37.3 Å². The first kappa shape index (κ1) is 37.0. The fourth-order valence-electron chi connectivity index (χ4n) is 10.6. The molecule has 7 unspecified atom stereocenters. The number of nitrogens with one attached hydrogen (secondary N) is 2. The zero-order valence-corrected chi connectivity index (χ0v) is 31.5. The lowest BCUT2D eigenvalue weighted by molar-refractivity contribution is -0.184. The van der Waals surface area contributed by atoms with Crippen LogP contribution < -0.4 is 10.6 Å². The van der Waals surface area contributed by atoms with E-state index in [1.807, 2.05) is 4.90 Å². The second-order valence-corrected chi connectivity index (χ2v) is 17.3. The molecule has 7 rings (SSSR count). The summed E-state index contributed by atoms with van der Waals surface area (Å²) in [7, 11) is 3.94. The molecule has 2 saturated carbocycles. The second-order valence-electron chi connectivity index (χ2n) is 15.9. The summed E-state index contributed by atoms with van der Waals surface area (Å²) in [5, 5.41) is 17.9. The minimum absolute atomic E-state index is 0.00258. The van der Waals surface area contributed by atoms with E-state index >= 15 is 4.79 Å². The largest absolute Gasteiger partial charge is 0.377 e. The van der Waals surface area contributed by atoms with Gasteiger partial charge in [0.1, 0.15) is 0 Å². The highest BCUT2D eigenvalue weighted by molar-refractivity contribution is 8.01. The summed E-state index contributed by atoms with van der Waals surface area (Å²) in [4.78, 5) is 36.4. The Morgan fingerprint density at radius 1 is 1.08 bits per heavy atom. The first-order chi connectivity index (χ1) is 24.8. The monoisotopic (exact) mass is 718 g/mol. The number of likely N-dealkylation sites (tertiary alicyclic amines) is 1. The van der Waals surface area contributed by atoms with Crippen LogP contribution in [0, 0.1) is 23.2 Å². The fraction of sp³-hybridized carbons (Fsp3) is 0.725. The van der Waals surface area contributed by atoms with Crippen LogP contribution in [0.25, 0.3) is 0 Å². The average molecular weight is 719 g/mol. The second kappa shape index (κ2) is 16.0. The van der Waals surface area contributed by atoms with Gasteiger partial charge in [0.15, 0.2) is 12.1 Å². The number of benzene rings is 1.